The number of rotatable bonds is 4. The first-order valence-electron chi connectivity index (χ1n) is 6.10. The number of H-pyrrole nitrogens is 1. The summed E-state index contributed by atoms with van der Waals surface area (Å²) in [5.74, 6) is -0.221. The number of amides is 1. The summed E-state index contributed by atoms with van der Waals surface area (Å²) in [4.78, 5) is 22.6. The van der Waals surface area contributed by atoms with Crippen molar-refractivity contribution in [3.8, 4) is 5.75 Å². The zero-order chi connectivity index (χ0) is 15.6. The standard InChI is InChI=1S/C13H14N4O4/c1-7-8(2)15-16-12(7)14-13(18)9-5-4-6-10(17(19)20)11(9)21-3/h4-6H,1-3H3,(H2,14,15,16,18). The van der Waals surface area contributed by atoms with Crippen LogP contribution in [0.25, 0.3) is 0 Å². The lowest BCUT2D eigenvalue weighted by atomic mass is 10.1. The Labute approximate surface area is 120 Å². The van der Waals surface area contributed by atoms with Crippen molar-refractivity contribution >= 4 is 17.4 Å². The van der Waals surface area contributed by atoms with E-state index in [1.165, 1.54) is 25.3 Å². The lowest BCUT2D eigenvalue weighted by Gasteiger charge is -2.08. The predicted octanol–water partition coefficient (Wildman–Crippen LogP) is 2.20. The van der Waals surface area contributed by atoms with Crippen LogP contribution in [-0.2, 0) is 0 Å². The molecule has 21 heavy (non-hydrogen) atoms. The molecular formula is C13H14N4O4. The highest BCUT2D eigenvalue weighted by Crippen LogP contribution is 2.31. The number of nitrogens with one attached hydrogen (secondary N) is 2. The van der Waals surface area contributed by atoms with Gasteiger partial charge in [0.2, 0.25) is 5.75 Å². The first-order chi connectivity index (χ1) is 9.95. The quantitative estimate of drug-likeness (QED) is 0.662. The number of benzene rings is 1. The van der Waals surface area contributed by atoms with Crippen molar-refractivity contribution in [3.05, 3.63) is 45.1 Å². The van der Waals surface area contributed by atoms with Crippen molar-refractivity contribution in [2.24, 2.45) is 0 Å². The summed E-state index contributed by atoms with van der Waals surface area (Å²) < 4.78 is 5.00. The first-order valence-corrected chi connectivity index (χ1v) is 6.10. The molecule has 0 aliphatic carbocycles. The fraction of sp³-hybridized carbons (Fsp3) is 0.231. The van der Waals surface area contributed by atoms with Gasteiger partial charge in [-0.3, -0.25) is 20.0 Å². The lowest BCUT2D eigenvalue weighted by molar-refractivity contribution is -0.385. The molecule has 0 bridgehead atoms. The predicted molar refractivity (Wildman–Crippen MR) is 75.7 cm³/mol. The number of anilines is 1. The largest absolute Gasteiger partial charge is 0.490 e. The Balaban J connectivity index is 2.37. The van der Waals surface area contributed by atoms with Gasteiger partial charge >= 0.3 is 5.69 Å². The van der Waals surface area contributed by atoms with Gasteiger partial charge in [0.1, 0.15) is 0 Å². The van der Waals surface area contributed by atoms with E-state index in [-0.39, 0.29) is 17.0 Å². The smallest absolute Gasteiger partial charge is 0.311 e. The Morgan fingerprint density at radius 3 is 2.67 bits per heavy atom. The monoisotopic (exact) mass is 290 g/mol. The van der Waals surface area contributed by atoms with Crippen LogP contribution >= 0.6 is 0 Å². The molecule has 0 aliphatic heterocycles. The molecule has 1 amide bonds. The molecule has 0 saturated heterocycles. The van der Waals surface area contributed by atoms with Crippen molar-refractivity contribution in [1.29, 1.82) is 0 Å². The van der Waals surface area contributed by atoms with E-state index in [9.17, 15) is 14.9 Å². The maximum absolute atomic E-state index is 12.3. The van der Waals surface area contributed by atoms with E-state index in [0.717, 1.165) is 11.3 Å². The molecule has 0 radical (unpaired) electrons. The molecule has 110 valence electrons. The number of nitrogens with zero attached hydrogens (tertiary/aromatic N) is 2. The summed E-state index contributed by atoms with van der Waals surface area (Å²) in [5, 5.41) is 20.3. The zero-order valence-corrected chi connectivity index (χ0v) is 11.8. The van der Waals surface area contributed by atoms with E-state index in [0.29, 0.717) is 5.82 Å². The first kappa shape index (κ1) is 14.5. The summed E-state index contributed by atoms with van der Waals surface area (Å²) in [7, 11) is 1.28. The number of hydrogen-bond donors (Lipinski definition) is 2. The van der Waals surface area contributed by atoms with E-state index in [2.05, 4.69) is 15.5 Å². The fourth-order valence-electron chi connectivity index (χ4n) is 1.84. The van der Waals surface area contributed by atoms with Crippen LogP contribution in [0.5, 0.6) is 5.75 Å². The fourth-order valence-corrected chi connectivity index (χ4v) is 1.84. The second-order valence-electron chi connectivity index (χ2n) is 4.39. The third kappa shape index (κ3) is 2.69. The molecule has 1 aromatic carbocycles. The normalized spacial score (nSPS) is 10.2. The van der Waals surface area contributed by atoms with E-state index >= 15 is 0 Å². The number of para-hydroxylation sites is 1. The molecule has 0 fully saturated rings. The van der Waals surface area contributed by atoms with Crippen LogP contribution < -0.4 is 10.1 Å². The summed E-state index contributed by atoms with van der Waals surface area (Å²) in [6.07, 6.45) is 0. The van der Waals surface area contributed by atoms with Crippen LogP contribution in [-0.4, -0.2) is 28.1 Å². The lowest BCUT2D eigenvalue weighted by Crippen LogP contribution is -2.14. The Morgan fingerprint density at radius 2 is 2.14 bits per heavy atom. The average Bonchev–Trinajstić information content (AvgIpc) is 2.78. The number of aryl methyl sites for hydroxylation is 1. The van der Waals surface area contributed by atoms with Crippen molar-refractivity contribution in [2.45, 2.75) is 13.8 Å². The summed E-state index contributed by atoms with van der Waals surface area (Å²) >= 11 is 0. The number of carbonyl (C=O) groups is 1. The van der Waals surface area contributed by atoms with Crippen molar-refractivity contribution in [1.82, 2.24) is 10.2 Å². The second-order valence-corrected chi connectivity index (χ2v) is 4.39. The minimum absolute atomic E-state index is 0.0757. The van der Waals surface area contributed by atoms with Gasteiger partial charge in [-0.2, -0.15) is 5.10 Å². The number of nitro groups is 1. The van der Waals surface area contributed by atoms with Crippen LogP contribution in [0.1, 0.15) is 21.6 Å². The highest BCUT2D eigenvalue weighted by Gasteiger charge is 2.23. The number of nitro benzene ring substituents is 1. The summed E-state index contributed by atoms with van der Waals surface area (Å²) in [6, 6.07) is 4.16. The molecule has 0 aliphatic rings. The second kappa shape index (κ2) is 5.61. The van der Waals surface area contributed by atoms with Gasteiger partial charge in [0, 0.05) is 17.3 Å². The SMILES string of the molecule is COc1c(C(=O)Nc2n[nH]c(C)c2C)cccc1[N+](=O)[O-]. The molecule has 0 saturated carbocycles. The van der Waals surface area contributed by atoms with Crippen LogP contribution in [0.15, 0.2) is 18.2 Å². The number of carbonyl (C=O) groups excluding carboxylic acids is 1. The van der Waals surface area contributed by atoms with Gasteiger partial charge in [0.25, 0.3) is 5.91 Å². The molecule has 0 atom stereocenters. The number of methoxy groups -OCH3 is 1. The summed E-state index contributed by atoms with van der Waals surface area (Å²) in [6.45, 7) is 3.63. The third-order valence-corrected chi connectivity index (χ3v) is 3.12. The maximum atomic E-state index is 12.3. The molecule has 8 nitrogen and oxygen atoms in total. The van der Waals surface area contributed by atoms with E-state index in [4.69, 9.17) is 4.74 Å². The van der Waals surface area contributed by atoms with Crippen LogP contribution in [0, 0.1) is 24.0 Å². The number of ether oxygens (including phenoxy) is 1. The highest BCUT2D eigenvalue weighted by atomic mass is 16.6. The topological polar surface area (TPSA) is 110 Å². The van der Waals surface area contributed by atoms with Crippen LogP contribution in [0.4, 0.5) is 11.5 Å². The Morgan fingerprint density at radius 1 is 1.43 bits per heavy atom. The molecule has 1 heterocycles. The maximum Gasteiger partial charge on any atom is 0.311 e. The van der Waals surface area contributed by atoms with E-state index in [1.54, 1.807) is 6.92 Å². The van der Waals surface area contributed by atoms with Crippen LogP contribution in [0.3, 0.4) is 0 Å². The van der Waals surface area contributed by atoms with Crippen molar-refractivity contribution < 1.29 is 14.5 Å². The zero-order valence-electron chi connectivity index (χ0n) is 11.8. The van der Waals surface area contributed by atoms with Gasteiger partial charge in [-0.05, 0) is 19.9 Å². The van der Waals surface area contributed by atoms with Crippen molar-refractivity contribution in [3.63, 3.8) is 0 Å². The van der Waals surface area contributed by atoms with E-state index < -0.39 is 10.8 Å². The molecule has 8 heteroatoms. The van der Waals surface area contributed by atoms with E-state index in [1.807, 2.05) is 6.92 Å². The molecule has 0 spiro atoms. The molecule has 2 rings (SSSR count). The molecule has 2 aromatic rings. The van der Waals surface area contributed by atoms with Gasteiger partial charge in [-0.15, -0.1) is 0 Å². The Kier molecular flexibility index (Phi) is 3.88. The van der Waals surface area contributed by atoms with Gasteiger partial charge in [-0.1, -0.05) is 6.07 Å². The summed E-state index contributed by atoms with van der Waals surface area (Å²) in [5.41, 5.74) is 1.44. The van der Waals surface area contributed by atoms with Gasteiger partial charge in [0.05, 0.1) is 17.6 Å². The van der Waals surface area contributed by atoms with Gasteiger partial charge < -0.3 is 10.1 Å². The number of aromatic nitrogens is 2. The van der Waals surface area contributed by atoms with Crippen LogP contribution in [0.2, 0.25) is 0 Å². The molecule has 2 N–H and O–H groups in total. The minimum Gasteiger partial charge on any atom is -0.490 e. The van der Waals surface area contributed by atoms with Gasteiger partial charge in [0.15, 0.2) is 5.82 Å². The molecule has 0 unspecified atom stereocenters. The molecular weight excluding hydrogens is 276 g/mol. The third-order valence-electron chi connectivity index (χ3n) is 3.12. The number of aromatic amines is 1. The highest BCUT2D eigenvalue weighted by molar-refractivity contribution is 6.06. The number of hydrogen-bond acceptors (Lipinski definition) is 5. The van der Waals surface area contributed by atoms with Crippen molar-refractivity contribution in [2.75, 3.05) is 12.4 Å². The Bertz CT molecular complexity index is 708. The average molecular weight is 290 g/mol. The van der Waals surface area contributed by atoms with Gasteiger partial charge in [-0.25, -0.2) is 0 Å². The molecule has 1 aromatic heterocycles. The minimum atomic E-state index is -0.598. The Hall–Kier alpha value is -2.90.